The zero-order chi connectivity index (χ0) is 17.8. The van der Waals surface area contributed by atoms with Crippen LogP contribution >= 0.6 is 15.9 Å². The molecule has 0 saturated carbocycles. The Morgan fingerprint density at radius 1 is 1.12 bits per heavy atom. The molecule has 0 radical (unpaired) electrons. The largest absolute Gasteiger partial charge is 0.340 e. The van der Waals surface area contributed by atoms with Gasteiger partial charge in [-0.05, 0) is 36.8 Å². The van der Waals surface area contributed by atoms with Crippen LogP contribution in [0.25, 0.3) is 11.4 Å². The predicted octanol–water partition coefficient (Wildman–Crippen LogP) is 3.13. The zero-order valence-electron chi connectivity index (χ0n) is 15.3. The molecule has 3 rings (SSSR count). The van der Waals surface area contributed by atoms with Gasteiger partial charge in [-0.15, -0.1) is 0 Å². The maximum absolute atomic E-state index is 4.72. The number of imidazole rings is 1. The molecule has 0 spiro atoms. The second-order valence-electron chi connectivity index (χ2n) is 6.90. The second kappa shape index (κ2) is 8.45. The molecule has 25 heavy (non-hydrogen) atoms. The van der Waals surface area contributed by atoms with Crippen LogP contribution in [0.1, 0.15) is 25.6 Å². The van der Waals surface area contributed by atoms with E-state index in [2.05, 4.69) is 62.0 Å². The van der Waals surface area contributed by atoms with Gasteiger partial charge in [0.05, 0.1) is 11.7 Å². The summed E-state index contributed by atoms with van der Waals surface area (Å²) < 4.78 is 0.915. The molecule has 0 amide bonds. The summed E-state index contributed by atoms with van der Waals surface area (Å²) in [6, 6.07) is 11.2. The topological polar surface area (TPSA) is 47.2 Å². The molecule has 1 aromatic carbocycles. The number of nitrogens with one attached hydrogen (secondary N) is 2. The highest BCUT2D eigenvalue weighted by atomic mass is 79.9. The molecule has 136 valence electrons. The lowest BCUT2D eigenvalue weighted by Crippen LogP contribution is -2.51. The van der Waals surface area contributed by atoms with Crippen molar-refractivity contribution in [3.63, 3.8) is 0 Å². The molecular formula is C19H28BrN5. The van der Waals surface area contributed by atoms with Crippen molar-refractivity contribution in [2.24, 2.45) is 0 Å². The lowest BCUT2D eigenvalue weighted by atomic mass is 10.1. The lowest BCUT2D eigenvalue weighted by Gasteiger charge is -2.40. The Morgan fingerprint density at radius 2 is 1.76 bits per heavy atom. The fourth-order valence-electron chi connectivity index (χ4n) is 3.49. The number of rotatable bonds is 6. The number of benzene rings is 1. The van der Waals surface area contributed by atoms with Gasteiger partial charge in [0, 0.05) is 44.3 Å². The summed E-state index contributed by atoms with van der Waals surface area (Å²) in [6.07, 6.45) is 0. The zero-order valence-corrected chi connectivity index (χ0v) is 16.9. The van der Waals surface area contributed by atoms with Crippen molar-refractivity contribution < 1.29 is 0 Å². The summed E-state index contributed by atoms with van der Waals surface area (Å²) in [7, 11) is 2.01. The highest BCUT2D eigenvalue weighted by molar-refractivity contribution is 9.10. The van der Waals surface area contributed by atoms with E-state index in [0.29, 0.717) is 12.1 Å². The molecule has 2 heterocycles. The lowest BCUT2D eigenvalue weighted by molar-refractivity contribution is 0.0766. The average Bonchev–Trinajstić information content (AvgIpc) is 3.02. The summed E-state index contributed by atoms with van der Waals surface area (Å²) >= 11 is 3.68. The summed E-state index contributed by atoms with van der Waals surface area (Å²) in [5, 5.41) is 3.35. The Morgan fingerprint density at radius 3 is 2.36 bits per heavy atom. The number of nitrogens with zero attached hydrogens (tertiary/aromatic N) is 3. The van der Waals surface area contributed by atoms with E-state index < -0.39 is 0 Å². The van der Waals surface area contributed by atoms with E-state index in [9.17, 15) is 0 Å². The minimum absolute atomic E-state index is 0.290. The van der Waals surface area contributed by atoms with Gasteiger partial charge in [0.15, 0.2) is 0 Å². The predicted molar refractivity (Wildman–Crippen MR) is 107 cm³/mol. The fourth-order valence-corrected chi connectivity index (χ4v) is 4.03. The van der Waals surface area contributed by atoms with Crippen molar-refractivity contribution in [3.8, 4) is 11.4 Å². The molecule has 1 aliphatic rings. The van der Waals surface area contributed by atoms with Gasteiger partial charge in [-0.3, -0.25) is 9.80 Å². The number of halogens is 1. The number of piperazine rings is 1. The van der Waals surface area contributed by atoms with Crippen LogP contribution in [0, 0.1) is 0 Å². The first-order valence-electron chi connectivity index (χ1n) is 9.03. The number of aromatic nitrogens is 2. The highest BCUT2D eigenvalue weighted by Gasteiger charge is 2.28. The SMILES string of the molecule is CNCC(c1[nH]c(-c2ccccc2)nc1Br)N1CCN(C(C)C)CC1. The van der Waals surface area contributed by atoms with Crippen LogP contribution in [-0.2, 0) is 0 Å². The van der Waals surface area contributed by atoms with Crippen LogP contribution in [0.5, 0.6) is 0 Å². The highest BCUT2D eigenvalue weighted by Crippen LogP contribution is 2.30. The first-order chi connectivity index (χ1) is 12.1. The molecule has 1 aromatic heterocycles. The van der Waals surface area contributed by atoms with Gasteiger partial charge in [0.2, 0.25) is 0 Å². The van der Waals surface area contributed by atoms with E-state index in [1.165, 1.54) is 0 Å². The van der Waals surface area contributed by atoms with Gasteiger partial charge in [-0.25, -0.2) is 4.98 Å². The number of hydrogen-bond donors (Lipinski definition) is 2. The third-order valence-electron chi connectivity index (χ3n) is 4.98. The van der Waals surface area contributed by atoms with E-state index in [1.807, 2.05) is 25.2 Å². The Hall–Kier alpha value is -1.21. The molecule has 5 nitrogen and oxygen atoms in total. The molecule has 1 saturated heterocycles. The van der Waals surface area contributed by atoms with Gasteiger partial charge in [-0.1, -0.05) is 30.3 Å². The van der Waals surface area contributed by atoms with Gasteiger partial charge >= 0.3 is 0 Å². The molecule has 2 aromatic rings. The van der Waals surface area contributed by atoms with Gasteiger partial charge in [-0.2, -0.15) is 0 Å². The monoisotopic (exact) mass is 405 g/mol. The third-order valence-corrected chi connectivity index (χ3v) is 5.59. The molecule has 2 N–H and O–H groups in total. The smallest absolute Gasteiger partial charge is 0.138 e. The van der Waals surface area contributed by atoms with E-state index >= 15 is 0 Å². The van der Waals surface area contributed by atoms with Gasteiger partial charge in [0.1, 0.15) is 10.4 Å². The number of likely N-dealkylation sites (N-methyl/N-ethyl adjacent to an activating group) is 1. The van der Waals surface area contributed by atoms with Gasteiger partial charge < -0.3 is 10.3 Å². The average molecular weight is 406 g/mol. The molecular weight excluding hydrogens is 378 g/mol. The number of H-pyrrole nitrogens is 1. The summed E-state index contributed by atoms with van der Waals surface area (Å²) in [4.78, 5) is 13.4. The maximum atomic E-state index is 4.72. The van der Waals surface area contributed by atoms with E-state index in [-0.39, 0.29) is 0 Å². The fraction of sp³-hybridized carbons (Fsp3) is 0.526. The second-order valence-corrected chi connectivity index (χ2v) is 7.65. The van der Waals surface area contributed by atoms with Crippen LogP contribution in [0.2, 0.25) is 0 Å². The van der Waals surface area contributed by atoms with Crippen LogP contribution in [0.15, 0.2) is 34.9 Å². The van der Waals surface area contributed by atoms with E-state index in [1.54, 1.807) is 0 Å². The molecule has 1 aliphatic heterocycles. The maximum Gasteiger partial charge on any atom is 0.138 e. The first kappa shape index (κ1) is 18.6. The van der Waals surface area contributed by atoms with Crippen LogP contribution in [0.4, 0.5) is 0 Å². The third kappa shape index (κ3) is 4.31. The number of hydrogen-bond acceptors (Lipinski definition) is 4. The molecule has 1 unspecified atom stereocenters. The van der Waals surface area contributed by atoms with E-state index in [4.69, 9.17) is 4.98 Å². The minimum Gasteiger partial charge on any atom is -0.340 e. The summed E-state index contributed by atoms with van der Waals surface area (Å²) in [6.45, 7) is 9.85. The van der Waals surface area contributed by atoms with Crippen molar-refractivity contribution in [3.05, 3.63) is 40.6 Å². The number of aromatic amines is 1. The van der Waals surface area contributed by atoms with Crippen LogP contribution in [-0.4, -0.2) is 65.6 Å². The van der Waals surface area contributed by atoms with Gasteiger partial charge in [0.25, 0.3) is 0 Å². The Labute approximate surface area is 158 Å². The quantitative estimate of drug-likeness (QED) is 0.774. The molecule has 0 bridgehead atoms. The minimum atomic E-state index is 0.290. The first-order valence-corrected chi connectivity index (χ1v) is 9.83. The van der Waals surface area contributed by atoms with Crippen molar-refractivity contribution in [2.45, 2.75) is 25.9 Å². The van der Waals surface area contributed by atoms with Crippen molar-refractivity contribution in [1.82, 2.24) is 25.1 Å². The molecule has 1 atom stereocenters. The Kier molecular flexibility index (Phi) is 6.28. The molecule has 6 heteroatoms. The Balaban J connectivity index is 1.80. The molecule has 0 aliphatic carbocycles. The van der Waals surface area contributed by atoms with Crippen molar-refractivity contribution in [1.29, 1.82) is 0 Å². The van der Waals surface area contributed by atoms with E-state index in [0.717, 1.165) is 54.4 Å². The summed E-state index contributed by atoms with van der Waals surface area (Å²) in [5.41, 5.74) is 2.27. The summed E-state index contributed by atoms with van der Waals surface area (Å²) in [5.74, 6) is 0.921. The van der Waals surface area contributed by atoms with Crippen LogP contribution in [0.3, 0.4) is 0 Å². The standard InChI is InChI=1S/C19H28BrN5/c1-14(2)24-9-11-25(12-10-24)16(13-21-3)17-18(20)23-19(22-17)15-7-5-4-6-8-15/h4-8,14,16,21H,9-13H2,1-3H3,(H,22,23). The molecule has 1 fully saturated rings. The van der Waals surface area contributed by atoms with Crippen molar-refractivity contribution >= 4 is 15.9 Å². The van der Waals surface area contributed by atoms with Crippen LogP contribution < -0.4 is 5.32 Å². The van der Waals surface area contributed by atoms with Crippen molar-refractivity contribution in [2.75, 3.05) is 39.8 Å². The Bertz CT molecular complexity index is 662. The normalized spacial score (nSPS) is 18.0.